The van der Waals surface area contributed by atoms with Crippen LogP contribution in [0.15, 0.2) is 42.5 Å². The van der Waals surface area contributed by atoms with E-state index in [0.29, 0.717) is 18.1 Å². The van der Waals surface area contributed by atoms with E-state index in [0.717, 1.165) is 23.4 Å². The van der Waals surface area contributed by atoms with Crippen LogP contribution in [0.5, 0.6) is 5.75 Å². The van der Waals surface area contributed by atoms with E-state index in [9.17, 15) is 14.9 Å². The van der Waals surface area contributed by atoms with Crippen molar-refractivity contribution in [1.82, 2.24) is 0 Å². The van der Waals surface area contributed by atoms with E-state index >= 15 is 0 Å². The summed E-state index contributed by atoms with van der Waals surface area (Å²) in [6.07, 6.45) is 0.375. The van der Waals surface area contributed by atoms with Gasteiger partial charge in [-0.2, -0.15) is 0 Å². The van der Waals surface area contributed by atoms with Gasteiger partial charge in [0.2, 0.25) is 0 Å². The third-order valence-corrected chi connectivity index (χ3v) is 4.49. The number of hydrogen-bond donors (Lipinski definition) is 1. The summed E-state index contributed by atoms with van der Waals surface area (Å²) in [7, 11) is 1.60. The lowest BCUT2D eigenvalue weighted by Crippen LogP contribution is -2.20. The van der Waals surface area contributed by atoms with Crippen molar-refractivity contribution in [1.29, 1.82) is 0 Å². The Labute approximate surface area is 171 Å². The largest absolute Gasteiger partial charge is 0.497 e. The second-order valence-electron chi connectivity index (χ2n) is 7.16. The van der Waals surface area contributed by atoms with E-state index in [4.69, 9.17) is 9.47 Å². The van der Waals surface area contributed by atoms with Crippen LogP contribution in [-0.4, -0.2) is 31.2 Å². The minimum Gasteiger partial charge on any atom is -0.497 e. The number of anilines is 1. The number of benzene rings is 2. The zero-order valence-electron chi connectivity index (χ0n) is 17.3. The van der Waals surface area contributed by atoms with Gasteiger partial charge in [0.05, 0.1) is 24.6 Å². The van der Waals surface area contributed by atoms with Gasteiger partial charge in [-0.25, -0.2) is 0 Å². The SMILES string of the molecule is CCOC(=O)C(Cc1ccc([N+](=O)[O-])cc1)c1ccc(OC)cc1NCC(C)C. The summed E-state index contributed by atoms with van der Waals surface area (Å²) in [5, 5.41) is 14.3. The van der Waals surface area contributed by atoms with Gasteiger partial charge in [-0.1, -0.05) is 32.0 Å². The lowest BCUT2D eigenvalue weighted by atomic mass is 9.90. The van der Waals surface area contributed by atoms with Crippen LogP contribution in [0.25, 0.3) is 0 Å². The molecule has 0 fully saturated rings. The summed E-state index contributed by atoms with van der Waals surface area (Å²) >= 11 is 0. The predicted molar refractivity (Wildman–Crippen MR) is 112 cm³/mol. The molecule has 2 aromatic rings. The number of nitrogens with zero attached hydrogens (tertiary/aromatic N) is 1. The second-order valence-corrected chi connectivity index (χ2v) is 7.16. The van der Waals surface area contributed by atoms with Crippen LogP contribution in [0.4, 0.5) is 11.4 Å². The third-order valence-electron chi connectivity index (χ3n) is 4.49. The van der Waals surface area contributed by atoms with Crippen LogP contribution >= 0.6 is 0 Å². The molecule has 1 atom stereocenters. The number of methoxy groups -OCH3 is 1. The van der Waals surface area contributed by atoms with Gasteiger partial charge in [0, 0.05) is 30.4 Å². The Balaban J connectivity index is 2.40. The lowest BCUT2D eigenvalue weighted by Gasteiger charge is -2.21. The Morgan fingerprint density at radius 2 is 1.86 bits per heavy atom. The first kappa shape index (κ1) is 22.2. The van der Waals surface area contributed by atoms with Crippen LogP contribution in [0.3, 0.4) is 0 Å². The van der Waals surface area contributed by atoms with Gasteiger partial charge in [0.15, 0.2) is 0 Å². The Morgan fingerprint density at radius 3 is 2.41 bits per heavy atom. The number of hydrogen-bond acceptors (Lipinski definition) is 6. The number of non-ortho nitro benzene ring substituents is 1. The van der Waals surface area contributed by atoms with Crippen LogP contribution in [0.1, 0.15) is 37.8 Å². The number of nitro benzene ring substituents is 1. The first-order valence-corrected chi connectivity index (χ1v) is 9.67. The minimum atomic E-state index is -0.544. The van der Waals surface area contributed by atoms with Crippen molar-refractivity contribution >= 4 is 17.3 Å². The molecule has 7 nitrogen and oxygen atoms in total. The molecule has 0 aliphatic rings. The summed E-state index contributed by atoms with van der Waals surface area (Å²) in [6, 6.07) is 11.8. The molecule has 0 bridgehead atoms. The van der Waals surface area contributed by atoms with Crippen molar-refractivity contribution < 1.29 is 19.2 Å². The molecule has 0 saturated heterocycles. The first-order chi connectivity index (χ1) is 13.8. The fraction of sp³-hybridized carbons (Fsp3) is 0.409. The molecule has 0 spiro atoms. The van der Waals surface area contributed by atoms with E-state index in [1.54, 1.807) is 26.2 Å². The standard InChI is InChI=1S/C22H28N2O5/c1-5-29-22(25)20(12-16-6-8-17(9-7-16)24(26)27)19-11-10-18(28-4)13-21(19)23-14-15(2)3/h6-11,13,15,20,23H,5,12,14H2,1-4H3. The second kappa shape index (κ2) is 10.5. The highest BCUT2D eigenvalue weighted by atomic mass is 16.6. The molecule has 0 aliphatic carbocycles. The summed E-state index contributed by atoms with van der Waals surface area (Å²) < 4.78 is 10.7. The smallest absolute Gasteiger partial charge is 0.313 e. The van der Waals surface area contributed by atoms with Crippen LogP contribution in [0.2, 0.25) is 0 Å². The number of nitrogens with one attached hydrogen (secondary N) is 1. The first-order valence-electron chi connectivity index (χ1n) is 9.67. The molecule has 156 valence electrons. The number of carbonyl (C=O) groups excluding carboxylic acids is 1. The number of carbonyl (C=O) groups is 1. The topological polar surface area (TPSA) is 90.7 Å². The molecule has 2 aromatic carbocycles. The van der Waals surface area contributed by atoms with E-state index < -0.39 is 10.8 Å². The molecule has 2 rings (SSSR count). The van der Waals surface area contributed by atoms with E-state index in [1.165, 1.54) is 12.1 Å². The third kappa shape index (κ3) is 6.20. The monoisotopic (exact) mass is 400 g/mol. The number of rotatable bonds is 10. The van der Waals surface area contributed by atoms with Gasteiger partial charge in [0.25, 0.3) is 5.69 Å². The normalized spacial score (nSPS) is 11.8. The van der Waals surface area contributed by atoms with Crippen molar-refractivity contribution in [3.8, 4) is 5.75 Å². The van der Waals surface area contributed by atoms with Crippen molar-refractivity contribution in [2.24, 2.45) is 5.92 Å². The maximum atomic E-state index is 12.8. The maximum absolute atomic E-state index is 12.8. The van der Waals surface area contributed by atoms with Crippen molar-refractivity contribution in [2.45, 2.75) is 33.1 Å². The van der Waals surface area contributed by atoms with Gasteiger partial charge in [0.1, 0.15) is 5.75 Å². The predicted octanol–water partition coefficient (Wildman–Crippen LogP) is 4.56. The highest BCUT2D eigenvalue weighted by molar-refractivity contribution is 5.81. The Bertz CT molecular complexity index is 834. The molecule has 7 heteroatoms. The summed E-state index contributed by atoms with van der Waals surface area (Å²) in [6.45, 7) is 7.00. The molecule has 0 radical (unpaired) electrons. The van der Waals surface area contributed by atoms with Gasteiger partial charge in [-0.3, -0.25) is 14.9 Å². The van der Waals surface area contributed by atoms with Gasteiger partial charge < -0.3 is 14.8 Å². The Kier molecular flexibility index (Phi) is 8.00. The van der Waals surface area contributed by atoms with Crippen LogP contribution < -0.4 is 10.1 Å². The maximum Gasteiger partial charge on any atom is 0.313 e. The number of esters is 1. The molecule has 1 N–H and O–H groups in total. The molecular formula is C22H28N2O5. The highest BCUT2D eigenvalue weighted by Gasteiger charge is 2.26. The average molecular weight is 400 g/mol. The van der Waals surface area contributed by atoms with E-state index in [2.05, 4.69) is 19.2 Å². The van der Waals surface area contributed by atoms with Crippen LogP contribution in [-0.2, 0) is 16.0 Å². The zero-order valence-corrected chi connectivity index (χ0v) is 17.3. The number of ether oxygens (including phenoxy) is 2. The zero-order chi connectivity index (χ0) is 21.4. The van der Waals surface area contributed by atoms with Crippen molar-refractivity contribution in [2.75, 3.05) is 25.6 Å². The Morgan fingerprint density at radius 1 is 1.17 bits per heavy atom. The molecule has 0 aromatic heterocycles. The Hall–Kier alpha value is -3.09. The van der Waals surface area contributed by atoms with Gasteiger partial charge in [-0.15, -0.1) is 0 Å². The molecule has 1 unspecified atom stereocenters. The van der Waals surface area contributed by atoms with Gasteiger partial charge in [-0.05, 0) is 36.5 Å². The molecule has 29 heavy (non-hydrogen) atoms. The average Bonchev–Trinajstić information content (AvgIpc) is 2.70. The summed E-state index contributed by atoms with van der Waals surface area (Å²) in [5.74, 6) is 0.239. The van der Waals surface area contributed by atoms with Gasteiger partial charge >= 0.3 is 5.97 Å². The van der Waals surface area contributed by atoms with E-state index in [-0.39, 0.29) is 18.3 Å². The number of nitro groups is 1. The molecule has 0 saturated carbocycles. The van der Waals surface area contributed by atoms with Crippen molar-refractivity contribution in [3.63, 3.8) is 0 Å². The van der Waals surface area contributed by atoms with Crippen molar-refractivity contribution in [3.05, 3.63) is 63.7 Å². The van der Waals surface area contributed by atoms with Crippen LogP contribution in [0, 0.1) is 16.0 Å². The molecule has 0 amide bonds. The lowest BCUT2D eigenvalue weighted by molar-refractivity contribution is -0.384. The van der Waals surface area contributed by atoms with E-state index in [1.807, 2.05) is 18.2 Å². The summed E-state index contributed by atoms with van der Waals surface area (Å²) in [4.78, 5) is 23.2. The fourth-order valence-corrected chi connectivity index (χ4v) is 2.99. The minimum absolute atomic E-state index is 0.0187. The molecular weight excluding hydrogens is 372 g/mol. The quantitative estimate of drug-likeness (QED) is 0.357. The highest BCUT2D eigenvalue weighted by Crippen LogP contribution is 2.32. The fourth-order valence-electron chi connectivity index (χ4n) is 2.99. The summed E-state index contributed by atoms with van der Waals surface area (Å²) in [5.41, 5.74) is 2.46. The molecule has 0 heterocycles. The molecule has 0 aliphatic heterocycles.